The molecular formula is C13H15FN2O5S. The van der Waals surface area contributed by atoms with E-state index in [4.69, 9.17) is 4.74 Å². The number of anilines is 1. The summed E-state index contributed by atoms with van der Waals surface area (Å²) in [5.41, 5.74) is 0.112. The van der Waals surface area contributed by atoms with Crippen molar-refractivity contribution in [3.05, 3.63) is 23.9 Å². The number of hydrogen-bond donors (Lipinski definition) is 0. The van der Waals surface area contributed by atoms with Gasteiger partial charge in [-0.1, -0.05) is 0 Å². The molecule has 1 aliphatic heterocycles. The van der Waals surface area contributed by atoms with E-state index in [-0.39, 0.29) is 31.0 Å². The summed E-state index contributed by atoms with van der Waals surface area (Å²) in [5, 5.41) is 0. The minimum absolute atomic E-state index is 0.00853. The maximum absolute atomic E-state index is 12.8. The topological polar surface area (TPSA) is 93.6 Å². The van der Waals surface area contributed by atoms with E-state index in [1.54, 1.807) is 6.92 Å². The lowest BCUT2D eigenvalue weighted by molar-refractivity contribution is -0.117. The molecule has 1 aliphatic rings. The van der Waals surface area contributed by atoms with Gasteiger partial charge in [-0.2, -0.15) is 8.42 Å². The molecule has 0 radical (unpaired) electrons. The molecule has 0 aromatic carbocycles. The van der Waals surface area contributed by atoms with E-state index in [2.05, 4.69) is 4.98 Å². The minimum Gasteiger partial charge on any atom is -0.462 e. The Hall–Kier alpha value is -2.03. The standard InChI is InChI=1S/C13H15FN2O5S/c1-2-21-13(18)10-4-3-5-15-12(10)16-7-9(6-11(16)17)8-22(14,19)20/h3-5,9H,2,6-8H2,1H3. The molecule has 1 saturated heterocycles. The third-order valence-corrected chi connectivity index (χ3v) is 4.05. The van der Waals surface area contributed by atoms with Crippen LogP contribution in [0.1, 0.15) is 23.7 Å². The molecule has 2 rings (SSSR count). The number of ether oxygens (including phenoxy) is 1. The van der Waals surface area contributed by atoms with Crippen molar-refractivity contribution in [1.29, 1.82) is 0 Å². The van der Waals surface area contributed by atoms with Gasteiger partial charge >= 0.3 is 16.2 Å². The number of amides is 1. The van der Waals surface area contributed by atoms with E-state index in [0.717, 1.165) is 0 Å². The normalized spacial score (nSPS) is 18.5. The van der Waals surface area contributed by atoms with Crippen molar-refractivity contribution < 1.29 is 26.6 Å². The van der Waals surface area contributed by atoms with Crippen LogP contribution in [0.5, 0.6) is 0 Å². The van der Waals surface area contributed by atoms with Crippen LogP contribution >= 0.6 is 0 Å². The van der Waals surface area contributed by atoms with Crippen molar-refractivity contribution in [2.24, 2.45) is 5.92 Å². The first-order valence-electron chi connectivity index (χ1n) is 6.66. The molecule has 1 unspecified atom stereocenters. The number of carbonyl (C=O) groups is 2. The van der Waals surface area contributed by atoms with Crippen LogP contribution in [0.3, 0.4) is 0 Å². The average Bonchev–Trinajstić information content (AvgIpc) is 2.77. The summed E-state index contributed by atoms with van der Waals surface area (Å²) in [6.45, 7) is 1.81. The second-order valence-electron chi connectivity index (χ2n) is 4.88. The molecule has 0 bridgehead atoms. The fourth-order valence-corrected chi connectivity index (χ4v) is 3.15. The van der Waals surface area contributed by atoms with E-state index in [1.807, 2.05) is 0 Å². The minimum atomic E-state index is -4.66. The molecule has 1 amide bonds. The molecule has 1 aromatic rings. The Kier molecular flexibility index (Phi) is 4.74. The summed E-state index contributed by atoms with van der Waals surface area (Å²) >= 11 is 0. The Balaban J connectivity index is 2.25. The van der Waals surface area contributed by atoms with Crippen molar-refractivity contribution in [1.82, 2.24) is 4.98 Å². The molecule has 1 atom stereocenters. The van der Waals surface area contributed by atoms with Gasteiger partial charge in [0.1, 0.15) is 11.4 Å². The highest BCUT2D eigenvalue weighted by molar-refractivity contribution is 7.86. The van der Waals surface area contributed by atoms with Crippen molar-refractivity contribution in [3.63, 3.8) is 0 Å². The van der Waals surface area contributed by atoms with Crippen LogP contribution in [0.2, 0.25) is 0 Å². The maximum atomic E-state index is 12.8. The summed E-state index contributed by atoms with van der Waals surface area (Å²) in [4.78, 5) is 29.1. The number of hydrogen-bond acceptors (Lipinski definition) is 6. The monoisotopic (exact) mass is 330 g/mol. The van der Waals surface area contributed by atoms with Gasteiger partial charge in [-0.25, -0.2) is 9.78 Å². The van der Waals surface area contributed by atoms with Crippen LogP contribution in [0, 0.1) is 5.92 Å². The third-order valence-electron chi connectivity index (χ3n) is 3.18. The Morgan fingerprint density at radius 1 is 1.55 bits per heavy atom. The molecule has 9 heteroatoms. The second-order valence-corrected chi connectivity index (χ2v) is 6.29. The zero-order valence-corrected chi connectivity index (χ0v) is 12.7. The van der Waals surface area contributed by atoms with Crippen molar-refractivity contribution >= 4 is 27.9 Å². The summed E-state index contributed by atoms with van der Waals surface area (Å²) in [6, 6.07) is 2.99. The highest BCUT2D eigenvalue weighted by Crippen LogP contribution is 2.27. The van der Waals surface area contributed by atoms with E-state index in [0.29, 0.717) is 0 Å². The van der Waals surface area contributed by atoms with Crippen LogP contribution < -0.4 is 4.90 Å². The lowest BCUT2D eigenvalue weighted by Crippen LogP contribution is -2.28. The first-order valence-corrected chi connectivity index (χ1v) is 8.22. The van der Waals surface area contributed by atoms with E-state index >= 15 is 0 Å². The Bertz CT molecular complexity index is 691. The molecule has 1 aromatic heterocycles. The molecule has 120 valence electrons. The van der Waals surface area contributed by atoms with Gasteiger partial charge in [0, 0.05) is 25.1 Å². The smallest absolute Gasteiger partial charge is 0.341 e. The number of aromatic nitrogens is 1. The molecule has 0 saturated carbocycles. The van der Waals surface area contributed by atoms with Crippen molar-refractivity contribution in [2.75, 3.05) is 23.8 Å². The van der Waals surface area contributed by atoms with Gasteiger partial charge in [-0.15, -0.1) is 3.89 Å². The highest BCUT2D eigenvalue weighted by atomic mass is 32.3. The summed E-state index contributed by atoms with van der Waals surface area (Å²) in [6.07, 6.45) is 1.30. The van der Waals surface area contributed by atoms with Crippen LogP contribution in [0.25, 0.3) is 0 Å². The number of esters is 1. The first-order chi connectivity index (χ1) is 10.3. The van der Waals surface area contributed by atoms with Gasteiger partial charge in [-0.3, -0.25) is 9.69 Å². The largest absolute Gasteiger partial charge is 0.462 e. The van der Waals surface area contributed by atoms with Gasteiger partial charge in [0.15, 0.2) is 0 Å². The first kappa shape index (κ1) is 16.3. The fraction of sp³-hybridized carbons (Fsp3) is 0.462. The SMILES string of the molecule is CCOC(=O)c1cccnc1N1CC(CS(=O)(=O)F)CC1=O. The molecule has 22 heavy (non-hydrogen) atoms. The summed E-state index contributed by atoms with van der Waals surface area (Å²) in [7, 11) is -4.66. The lowest BCUT2D eigenvalue weighted by Gasteiger charge is -2.18. The number of rotatable bonds is 5. The average molecular weight is 330 g/mol. The number of pyridine rings is 1. The van der Waals surface area contributed by atoms with Crippen LogP contribution in [-0.2, 0) is 19.8 Å². The summed E-state index contributed by atoms with van der Waals surface area (Å²) in [5.74, 6) is -2.32. The summed E-state index contributed by atoms with van der Waals surface area (Å²) < 4.78 is 39.1. The van der Waals surface area contributed by atoms with Crippen LogP contribution in [0.15, 0.2) is 18.3 Å². The maximum Gasteiger partial charge on any atom is 0.341 e. The van der Waals surface area contributed by atoms with E-state index < -0.39 is 33.8 Å². The van der Waals surface area contributed by atoms with Gasteiger partial charge in [0.25, 0.3) is 0 Å². The van der Waals surface area contributed by atoms with Gasteiger partial charge < -0.3 is 4.74 Å². The number of nitrogens with zero attached hydrogens (tertiary/aromatic N) is 2. The second kappa shape index (κ2) is 6.39. The molecule has 0 aliphatic carbocycles. The predicted octanol–water partition coefficient (Wildman–Crippen LogP) is 0.911. The highest BCUT2D eigenvalue weighted by Gasteiger charge is 2.36. The zero-order valence-electron chi connectivity index (χ0n) is 11.9. The molecule has 7 nitrogen and oxygen atoms in total. The Morgan fingerprint density at radius 2 is 2.27 bits per heavy atom. The van der Waals surface area contributed by atoms with Gasteiger partial charge in [-0.05, 0) is 19.1 Å². The van der Waals surface area contributed by atoms with Crippen molar-refractivity contribution in [3.8, 4) is 0 Å². The number of halogens is 1. The predicted molar refractivity (Wildman–Crippen MR) is 75.5 cm³/mol. The molecular weight excluding hydrogens is 315 g/mol. The van der Waals surface area contributed by atoms with E-state index in [9.17, 15) is 21.9 Å². The van der Waals surface area contributed by atoms with E-state index in [1.165, 1.54) is 23.2 Å². The van der Waals surface area contributed by atoms with Gasteiger partial charge in [0.2, 0.25) is 5.91 Å². The van der Waals surface area contributed by atoms with Gasteiger partial charge in [0.05, 0.1) is 12.4 Å². The lowest BCUT2D eigenvalue weighted by atomic mass is 10.1. The van der Waals surface area contributed by atoms with Crippen LogP contribution in [0.4, 0.5) is 9.70 Å². The zero-order chi connectivity index (χ0) is 16.3. The number of carbonyl (C=O) groups excluding carboxylic acids is 2. The van der Waals surface area contributed by atoms with Crippen molar-refractivity contribution in [2.45, 2.75) is 13.3 Å². The molecule has 2 heterocycles. The molecule has 0 spiro atoms. The Labute approximate surface area is 127 Å². The third kappa shape index (κ3) is 3.79. The Morgan fingerprint density at radius 3 is 2.91 bits per heavy atom. The molecule has 0 N–H and O–H groups in total. The molecule has 1 fully saturated rings. The fourth-order valence-electron chi connectivity index (χ4n) is 2.36. The quantitative estimate of drug-likeness (QED) is 0.588. The van der Waals surface area contributed by atoms with Crippen LogP contribution in [-0.4, -0.2) is 44.2 Å².